The van der Waals surface area contributed by atoms with Gasteiger partial charge in [0.2, 0.25) is 0 Å². The van der Waals surface area contributed by atoms with Crippen LogP contribution < -0.4 is 15.2 Å². The number of aromatic nitrogens is 2. The number of nitrogen functional groups attached to an aromatic ring is 1. The molecule has 3 aromatic carbocycles. The molecule has 0 amide bonds. The predicted molar refractivity (Wildman–Crippen MR) is 110 cm³/mol. The van der Waals surface area contributed by atoms with Gasteiger partial charge in [-0.05, 0) is 29.3 Å². The summed E-state index contributed by atoms with van der Waals surface area (Å²) in [6.07, 6.45) is 0. The fourth-order valence-corrected chi connectivity index (χ4v) is 2.86. The number of hydrogen-bond acceptors (Lipinski definition) is 4. The second kappa shape index (κ2) is 8.31. The zero-order valence-corrected chi connectivity index (χ0v) is 15.3. The van der Waals surface area contributed by atoms with Gasteiger partial charge in [-0.15, -0.1) is 0 Å². The van der Waals surface area contributed by atoms with Gasteiger partial charge in [-0.2, -0.15) is 5.10 Å². The van der Waals surface area contributed by atoms with Crippen molar-refractivity contribution in [1.29, 1.82) is 0 Å². The van der Waals surface area contributed by atoms with E-state index in [9.17, 15) is 0 Å². The molecule has 0 aliphatic heterocycles. The Morgan fingerprint density at radius 3 is 1.89 bits per heavy atom. The van der Waals surface area contributed by atoms with Crippen LogP contribution in [0.25, 0.3) is 11.3 Å². The summed E-state index contributed by atoms with van der Waals surface area (Å²) in [5.74, 6) is 1.81. The fraction of sp³-hybridized carbons (Fsp3) is 0.0870. The topological polar surface area (TPSA) is 73.2 Å². The number of hydrogen-bond donors (Lipinski definition) is 2. The molecule has 3 N–H and O–H groups in total. The maximum atomic E-state index is 6.09. The minimum atomic E-state index is 0.450. The highest BCUT2D eigenvalue weighted by Gasteiger charge is 2.11. The molecule has 1 aromatic heterocycles. The van der Waals surface area contributed by atoms with Crippen molar-refractivity contribution in [2.45, 2.75) is 13.2 Å². The van der Waals surface area contributed by atoms with Crippen molar-refractivity contribution in [3.63, 3.8) is 0 Å². The summed E-state index contributed by atoms with van der Waals surface area (Å²) in [7, 11) is 0. The predicted octanol–water partition coefficient (Wildman–Crippen LogP) is 4.82. The van der Waals surface area contributed by atoms with E-state index < -0.39 is 0 Å². The van der Waals surface area contributed by atoms with Crippen molar-refractivity contribution in [2.24, 2.45) is 0 Å². The molecule has 0 aliphatic carbocycles. The highest BCUT2D eigenvalue weighted by atomic mass is 16.5. The number of anilines is 1. The quantitative estimate of drug-likeness (QED) is 0.489. The van der Waals surface area contributed by atoms with Crippen molar-refractivity contribution < 1.29 is 9.47 Å². The lowest BCUT2D eigenvalue weighted by Gasteiger charge is -2.14. The minimum Gasteiger partial charge on any atom is -0.485 e. The number of aromatic amines is 1. The van der Waals surface area contributed by atoms with Gasteiger partial charge in [-0.1, -0.05) is 60.7 Å². The molecule has 0 unspecified atom stereocenters. The lowest BCUT2D eigenvalue weighted by Crippen LogP contribution is -2.01. The molecule has 0 saturated heterocycles. The summed E-state index contributed by atoms with van der Waals surface area (Å²) < 4.78 is 12.1. The van der Waals surface area contributed by atoms with Crippen LogP contribution in [-0.4, -0.2) is 10.2 Å². The van der Waals surface area contributed by atoms with E-state index in [1.54, 1.807) is 6.07 Å². The maximum Gasteiger partial charge on any atom is 0.162 e. The van der Waals surface area contributed by atoms with Gasteiger partial charge in [0.05, 0.1) is 5.69 Å². The summed E-state index contributed by atoms with van der Waals surface area (Å²) in [5.41, 5.74) is 9.68. The molecule has 0 spiro atoms. The summed E-state index contributed by atoms with van der Waals surface area (Å²) in [4.78, 5) is 0. The maximum absolute atomic E-state index is 6.09. The van der Waals surface area contributed by atoms with E-state index in [-0.39, 0.29) is 0 Å². The number of H-pyrrole nitrogens is 1. The summed E-state index contributed by atoms with van der Waals surface area (Å²) in [6.45, 7) is 0.927. The molecule has 0 saturated carbocycles. The van der Waals surface area contributed by atoms with Gasteiger partial charge >= 0.3 is 0 Å². The zero-order valence-electron chi connectivity index (χ0n) is 15.3. The van der Waals surface area contributed by atoms with Crippen LogP contribution in [0.3, 0.4) is 0 Å². The van der Waals surface area contributed by atoms with Crippen LogP contribution in [0.1, 0.15) is 11.1 Å². The first-order valence-corrected chi connectivity index (χ1v) is 9.07. The molecule has 1 heterocycles. The van der Waals surface area contributed by atoms with Crippen LogP contribution in [0.5, 0.6) is 11.5 Å². The Morgan fingerprint density at radius 1 is 0.714 bits per heavy atom. The van der Waals surface area contributed by atoms with Gasteiger partial charge < -0.3 is 15.2 Å². The lowest BCUT2D eigenvalue weighted by molar-refractivity contribution is 0.256. The van der Waals surface area contributed by atoms with E-state index in [0.717, 1.165) is 22.4 Å². The molecule has 0 fully saturated rings. The minimum absolute atomic E-state index is 0.450. The first-order chi connectivity index (χ1) is 13.8. The highest BCUT2D eigenvalue weighted by Crippen LogP contribution is 2.33. The number of rotatable bonds is 7. The molecule has 0 aliphatic rings. The van der Waals surface area contributed by atoms with E-state index in [2.05, 4.69) is 10.2 Å². The van der Waals surface area contributed by atoms with Crippen molar-refractivity contribution in [3.8, 4) is 22.8 Å². The number of nitrogens with one attached hydrogen (secondary N) is 1. The van der Waals surface area contributed by atoms with Crippen molar-refractivity contribution in [1.82, 2.24) is 10.2 Å². The zero-order chi connectivity index (χ0) is 19.2. The van der Waals surface area contributed by atoms with Crippen LogP contribution in [0, 0.1) is 0 Å². The molecule has 0 radical (unpaired) electrons. The molecular formula is C23H21N3O2. The highest BCUT2D eigenvalue weighted by molar-refractivity contribution is 5.66. The third kappa shape index (κ3) is 4.32. The SMILES string of the molecule is Nc1cc(-c2ccc(OCc3ccccc3)c(OCc3ccccc3)c2)[nH]n1. The second-order valence-corrected chi connectivity index (χ2v) is 6.42. The summed E-state index contributed by atoms with van der Waals surface area (Å²) in [6, 6.07) is 27.7. The van der Waals surface area contributed by atoms with Gasteiger partial charge in [0, 0.05) is 11.6 Å². The van der Waals surface area contributed by atoms with E-state index >= 15 is 0 Å². The standard InChI is InChI=1S/C23H21N3O2/c24-23-14-20(25-26-23)19-11-12-21(27-15-17-7-3-1-4-8-17)22(13-19)28-16-18-9-5-2-6-10-18/h1-14H,15-16H2,(H3,24,25,26). The molecule has 5 heteroatoms. The third-order valence-electron chi connectivity index (χ3n) is 4.33. The lowest BCUT2D eigenvalue weighted by atomic mass is 10.1. The van der Waals surface area contributed by atoms with Crippen LogP contribution in [0.2, 0.25) is 0 Å². The molecule has 5 nitrogen and oxygen atoms in total. The average molecular weight is 371 g/mol. The molecule has 0 bridgehead atoms. The Labute approximate surface area is 163 Å². The number of benzene rings is 3. The van der Waals surface area contributed by atoms with Crippen LogP contribution in [-0.2, 0) is 13.2 Å². The molecule has 28 heavy (non-hydrogen) atoms. The Bertz CT molecular complexity index is 1030. The van der Waals surface area contributed by atoms with Crippen molar-refractivity contribution in [3.05, 3.63) is 96.1 Å². The van der Waals surface area contributed by atoms with E-state index in [1.165, 1.54) is 0 Å². The smallest absolute Gasteiger partial charge is 0.162 e. The van der Waals surface area contributed by atoms with Crippen LogP contribution >= 0.6 is 0 Å². The van der Waals surface area contributed by atoms with Gasteiger partial charge in [-0.25, -0.2) is 0 Å². The monoisotopic (exact) mass is 371 g/mol. The number of ether oxygens (including phenoxy) is 2. The normalized spacial score (nSPS) is 10.6. The summed E-state index contributed by atoms with van der Waals surface area (Å²) >= 11 is 0. The molecular weight excluding hydrogens is 350 g/mol. The van der Waals surface area contributed by atoms with Gasteiger partial charge in [0.1, 0.15) is 19.0 Å². The van der Waals surface area contributed by atoms with Gasteiger partial charge in [-0.3, -0.25) is 5.10 Å². The average Bonchev–Trinajstić information content (AvgIpc) is 3.19. The number of nitrogens with two attached hydrogens (primary N) is 1. The fourth-order valence-electron chi connectivity index (χ4n) is 2.86. The van der Waals surface area contributed by atoms with Crippen LogP contribution in [0.15, 0.2) is 84.9 Å². The largest absolute Gasteiger partial charge is 0.485 e. The van der Waals surface area contributed by atoms with Gasteiger partial charge in [0.15, 0.2) is 11.5 Å². The molecule has 4 aromatic rings. The van der Waals surface area contributed by atoms with Crippen LogP contribution in [0.4, 0.5) is 5.82 Å². The Hall–Kier alpha value is -3.73. The second-order valence-electron chi connectivity index (χ2n) is 6.42. The molecule has 4 rings (SSSR count). The van der Waals surface area contributed by atoms with E-state index in [0.29, 0.717) is 30.5 Å². The van der Waals surface area contributed by atoms with E-state index in [4.69, 9.17) is 15.2 Å². The summed E-state index contributed by atoms with van der Waals surface area (Å²) in [5, 5.41) is 6.92. The van der Waals surface area contributed by atoms with Gasteiger partial charge in [0.25, 0.3) is 0 Å². The Kier molecular flexibility index (Phi) is 5.24. The third-order valence-corrected chi connectivity index (χ3v) is 4.33. The van der Waals surface area contributed by atoms with Crippen molar-refractivity contribution in [2.75, 3.05) is 5.73 Å². The van der Waals surface area contributed by atoms with Crippen molar-refractivity contribution >= 4 is 5.82 Å². The molecule has 140 valence electrons. The Morgan fingerprint density at radius 2 is 1.32 bits per heavy atom. The first kappa shape index (κ1) is 17.7. The molecule has 0 atom stereocenters. The number of nitrogens with zero attached hydrogens (tertiary/aromatic N) is 1. The first-order valence-electron chi connectivity index (χ1n) is 9.07. The Balaban J connectivity index is 1.58. The van der Waals surface area contributed by atoms with E-state index in [1.807, 2.05) is 78.9 Å².